The van der Waals surface area contributed by atoms with E-state index in [1.54, 1.807) is 18.2 Å². The lowest BCUT2D eigenvalue weighted by Gasteiger charge is -2.05. The van der Waals surface area contributed by atoms with Gasteiger partial charge in [-0.25, -0.2) is 17.5 Å². The average molecular weight is 420 g/mol. The highest BCUT2D eigenvalue weighted by Gasteiger charge is 2.18. The Kier molecular flexibility index (Phi) is 6.12. The number of benzene rings is 2. The van der Waals surface area contributed by atoms with Crippen LogP contribution in [0.5, 0.6) is 0 Å². The van der Waals surface area contributed by atoms with Gasteiger partial charge in [0, 0.05) is 0 Å². The van der Waals surface area contributed by atoms with E-state index in [0.29, 0.717) is 5.01 Å². The molecule has 1 aromatic heterocycles. The van der Waals surface area contributed by atoms with Crippen molar-refractivity contribution in [1.82, 2.24) is 14.9 Å². The molecule has 28 heavy (non-hydrogen) atoms. The van der Waals surface area contributed by atoms with Gasteiger partial charge in [-0.05, 0) is 36.2 Å². The normalized spacial score (nSPS) is 11.4. The molecule has 0 radical (unpaired) electrons. The number of carbonyl (C=O) groups excluding carboxylic acids is 1. The molecule has 0 unspecified atom stereocenters. The quantitative estimate of drug-likeness (QED) is 0.612. The molecule has 1 amide bonds. The maximum atomic E-state index is 13.6. The summed E-state index contributed by atoms with van der Waals surface area (Å²) in [6.07, 6.45) is 0.816. The van der Waals surface area contributed by atoms with E-state index in [1.807, 2.05) is 6.92 Å². The maximum Gasteiger partial charge on any atom is 0.286 e. The van der Waals surface area contributed by atoms with E-state index < -0.39 is 21.7 Å². The fourth-order valence-corrected chi connectivity index (χ4v) is 4.05. The highest BCUT2D eigenvalue weighted by molar-refractivity contribution is 7.89. The van der Waals surface area contributed by atoms with Crippen molar-refractivity contribution in [1.29, 1.82) is 0 Å². The van der Waals surface area contributed by atoms with Gasteiger partial charge in [-0.15, -0.1) is 10.2 Å². The minimum atomic E-state index is -3.71. The zero-order chi connectivity index (χ0) is 20.1. The molecule has 146 valence electrons. The Morgan fingerprint density at radius 3 is 2.50 bits per heavy atom. The molecule has 0 saturated carbocycles. The molecule has 0 aliphatic heterocycles. The van der Waals surface area contributed by atoms with Gasteiger partial charge < -0.3 is 5.32 Å². The first-order valence-corrected chi connectivity index (χ1v) is 10.7. The third-order valence-corrected chi connectivity index (χ3v) is 6.18. The zero-order valence-corrected chi connectivity index (χ0v) is 16.5. The number of nitrogens with one attached hydrogen (secondary N) is 2. The largest absolute Gasteiger partial charge is 0.317 e. The fourth-order valence-electron chi connectivity index (χ4n) is 2.30. The van der Waals surface area contributed by atoms with Crippen LogP contribution in [0.3, 0.4) is 0 Å². The molecule has 2 aromatic carbocycles. The first kappa shape index (κ1) is 20.1. The summed E-state index contributed by atoms with van der Waals surface area (Å²) in [6, 6.07) is 12.3. The standard InChI is InChI=1S/C18H17FN4O3S2/c1-2-12-7-9-13(10-8-12)28(25,26)20-11-16-22-23-18(27-16)17(24)21-15-6-4-3-5-14(15)19/h3-10,20H,2,11H2,1H3,(H,21,24). The minimum Gasteiger partial charge on any atom is -0.317 e. The summed E-state index contributed by atoms with van der Waals surface area (Å²) in [5.74, 6) is -1.19. The summed E-state index contributed by atoms with van der Waals surface area (Å²) in [5.41, 5.74) is 1.06. The van der Waals surface area contributed by atoms with Crippen LogP contribution in [0.1, 0.15) is 27.3 Å². The van der Waals surface area contributed by atoms with E-state index >= 15 is 0 Å². The van der Waals surface area contributed by atoms with Crippen LogP contribution in [-0.2, 0) is 23.0 Å². The molecule has 0 spiro atoms. The van der Waals surface area contributed by atoms with Crippen LogP contribution in [0, 0.1) is 5.82 Å². The summed E-state index contributed by atoms with van der Waals surface area (Å²) in [4.78, 5) is 12.3. The van der Waals surface area contributed by atoms with Crippen LogP contribution in [-0.4, -0.2) is 24.5 Å². The Balaban J connectivity index is 1.64. The molecule has 0 saturated heterocycles. The Morgan fingerprint density at radius 2 is 1.82 bits per heavy atom. The summed E-state index contributed by atoms with van der Waals surface area (Å²) in [7, 11) is -3.71. The molecular formula is C18H17FN4O3S2. The Hall–Kier alpha value is -2.69. The first-order chi connectivity index (χ1) is 13.4. The van der Waals surface area contributed by atoms with Crippen LogP contribution in [0.25, 0.3) is 0 Å². The van der Waals surface area contributed by atoms with E-state index in [2.05, 4.69) is 20.2 Å². The Bertz CT molecular complexity index is 1080. The maximum absolute atomic E-state index is 13.6. The van der Waals surface area contributed by atoms with E-state index in [9.17, 15) is 17.6 Å². The molecule has 0 aliphatic carbocycles. The van der Waals surface area contributed by atoms with Crippen molar-refractivity contribution >= 4 is 33.0 Å². The number of halogens is 1. The van der Waals surface area contributed by atoms with Gasteiger partial charge in [-0.1, -0.05) is 42.5 Å². The highest BCUT2D eigenvalue weighted by Crippen LogP contribution is 2.17. The number of sulfonamides is 1. The van der Waals surface area contributed by atoms with Crippen LogP contribution < -0.4 is 10.0 Å². The molecule has 3 rings (SSSR count). The smallest absolute Gasteiger partial charge is 0.286 e. The SMILES string of the molecule is CCc1ccc(S(=O)(=O)NCc2nnc(C(=O)Nc3ccccc3F)s2)cc1. The monoisotopic (exact) mass is 420 g/mol. The summed E-state index contributed by atoms with van der Waals surface area (Å²) in [5, 5.41) is 10.3. The lowest BCUT2D eigenvalue weighted by molar-refractivity contribution is 0.102. The molecule has 3 aromatic rings. The number of anilines is 1. The van der Waals surface area contributed by atoms with Gasteiger partial charge in [0.1, 0.15) is 10.8 Å². The van der Waals surface area contributed by atoms with Crippen molar-refractivity contribution in [3.8, 4) is 0 Å². The molecule has 0 bridgehead atoms. The second-order valence-electron chi connectivity index (χ2n) is 5.76. The van der Waals surface area contributed by atoms with E-state index in [1.165, 1.54) is 30.3 Å². The number of aromatic nitrogens is 2. The van der Waals surface area contributed by atoms with Gasteiger partial charge in [0.05, 0.1) is 17.1 Å². The average Bonchev–Trinajstić information content (AvgIpc) is 3.18. The zero-order valence-electron chi connectivity index (χ0n) is 14.8. The van der Waals surface area contributed by atoms with Crippen molar-refractivity contribution in [2.75, 3.05) is 5.32 Å². The lowest BCUT2D eigenvalue weighted by atomic mass is 10.2. The van der Waals surface area contributed by atoms with Gasteiger partial charge in [0.25, 0.3) is 5.91 Å². The number of amides is 1. The molecule has 0 fully saturated rings. The van der Waals surface area contributed by atoms with Crippen molar-refractivity contribution in [3.63, 3.8) is 0 Å². The Labute approximate surface area is 165 Å². The number of rotatable bonds is 7. The predicted molar refractivity (Wildman–Crippen MR) is 104 cm³/mol. The van der Waals surface area contributed by atoms with Gasteiger partial charge in [-0.2, -0.15) is 0 Å². The fraction of sp³-hybridized carbons (Fsp3) is 0.167. The predicted octanol–water partition coefficient (Wildman–Crippen LogP) is 2.97. The van der Waals surface area contributed by atoms with Crippen LogP contribution >= 0.6 is 11.3 Å². The third kappa shape index (κ3) is 4.77. The second kappa shape index (κ2) is 8.55. The van der Waals surface area contributed by atoms with Gasteiger partial charge >= 0.3 is 0 Å². The first-order valence-electron chi connectivity index (χ1n) is 8.36. The number of carbonyl (C=O) groups is 1. The van der Waals surface area contributed by atoms with Gasteiger partial charge in [0.2, 0.25) is 15.0 Å². The summed E-state index contributed by atoms with van der Waals surface area (Å²) >= 11 is 0.924. The topological polar surface area (TPSA) is 101 Å². The van der Waals surface area contributed by atoms with E-state index in [-0.39, 0.29) is 22.1 Å². The molecule has 0 aliphatic rings. The Morgan fingerprint density at radius 1 is 1.11 bits per heavy atom. The number of nitrogens with zero attached hydrogens (tertiary/aromatic N) is 2. The molecule has 2 N–H and O–H groups in total. The van der Waals surface area contributed by atoms with Crippen molar-refractivity contribution < 1.29 is 17.6 Å². The molecule has 1 heterocycles. The summed E-state index contributed by atoms with van der Waals surface area (Å²) < 4.78 is 40.7. The van der Waals surface area contributed by atoms with E-state index in [4.69, 9.17) is 0 Å². The summed E-state index contributed by atoms with van der Waals surface area (Å²) in [6.45, 7) is 1.87. The molecule has 7 nitrogen and oxygen atoms in total. The molecule has 10 heteroatoms. The van der Waals surface area contributed by atoms with Crippen LogP contribution in [0.15, 0.2) is 53.4 Å². The van der Waals surface area contributed by atoms with Gasteiger partial charge in [0.15, 0.2) is 0 Å². The van der Waals surface area contributed by atoms with Crippen molar-refractivity contribution in [2.45, 2.75) is 24.8 Å². The van der Waals surface area contributed by atoms with E-state index in [0.717, 1.165) is 23.3 Å². The molecule has 0 atom stereocenters. The highest BCUT2D eigenvalue weighted by atomic mass is 32.2. The van der Waals surface area contributed by atoms with Crippen molar-refractivity contribution in [3.05, 3.63) is 69.9 Å². The lowest BCUT2D eigenvalue weighted by Crippen LogP contribution is -2.23. The van der Waals surface area contributed by atoms with Crippen LogP contribution in [0.2, 0.25) is 0 Å². The number of aryl methyl sites for hydroxylation is 1. The third-order valence-electron chi connectivity index (χ3n) is 3.84. The van der Waals surface area contributed by atoms with Gasteiger partial charge in [-0.3, -0.25) is 4.79 Å². The van der Waals surface area contributed by atoms with Crippen LogP contribution in [0.4, 0.5) is 10.1 Å². The minimum absolute atomic E-state index is 0.00440. The molecular weight excluding hydrogens is 403 g/mol. The van der Waals surface area contributed by atoms with Crippen molar-refractivity contribution in [2.24, 2.45) is 0 Å². The number of para-hydroxylation sites is 1. The number of hydrogen-bond acceptors (Lipinski definition) is 6. The number of hydrogen-bond donors (Lipinski definition) is 2. The second-order valence-corrected chi connectivity index (χ2v) is 8.59.